The van der Waals surface area contributed by atoms with E-state index < -0.39 is 9.84 Å². The van der Waals surface area contributed by atoms with Crippen LogP contribution in [-0.2, 0) is 16.3 Å². The van der Waals surface area contributed by atoms with Gasteiger partial charge in [0.2, 0.25) is 5.95 Å². The first-order valence-electron chi connectivity index (χ1n) is 5.84. The normalized spacial score (nSPS) is 22.5. The third kappa shape index (κ3) is 3.39. The zero-order chi connectivity index (χ0) is 12.3. The number of hydrogen-bond donors (Lipinski definition) is 1. The molecule has 2 rings (SSSR count). The fraction of sp³-hybridized carbons (Fsp3) is 0.636. The molecule has 5 nitrogen and oxygen atoms in total. The van der Waals surface area contributed by atoms with Crippen molar-refractivity contribution in [3.05, 3.63) is 18.0 Å². The molecule has 1 saturated heterocycles. The van der Waals surface area contributed by atoms with Crippen LogP contribution in [0.4, 0.5) is 5.95 Å². The lowest BCUT2D eigenvalue weighted by Crippen LogP contribution is -2.16. The summed E-state index contributed by atoms with van der Waals surface area (Å²) in [4.78, 5) is 8.35. The maximum absolute atomic E-state index is 11.3. The zero-order valence-electron chi connectivity index (χ0n) is 9.89. The van der Waals surface area contributed by atoms with Crippen LogP contribution in [0.1, 0.15) is 18.9 Å². The quantitative estimate of drug-likeness (QED) is 0.865. The van der Waals surface area contributed by atoms with Gasteiger partial charge in [-0.05, 0) is 24.3 Å². The van der Waals surface area contributed by atoms with Crippen LogP contribution < -0.4 is 5.32 Å². The summed E-state index contributed by atoms with van der Waals surface area (Å²) >= 11 is 0. The average molecular weight is 255 g/mol. The maximum Gasteiger partial charge on any atom is 0.222 e. The third-order valence-corrected chi connectivity index (χ3v) is 4.83. The zero-order valence-corrected chi connectivity index (χ0v) is 10.7. The fourth-order valence-electron chi connectivity index (χ4n) is 1.90. The second kappa shape index (κ2) is 5.00. The molecule has 0 aliphatic carbocycles. The number of rotatable bonds is 4. The minimum Gasteiger partial charge on any atom is -0.354 e. The molecule has 0 amide bonds. The molecule has 6 heteroatoms. The largest absolute Gasteiger partial charge is 0.354 e. The molecule has 17 heavy (non-hydrogen) atoms. The topological polar surface area (TPSA) is 72.0 Å². The van der Waals surface area contributed by atoms with Crippen LogP contribution in [0.5, 0.6) is 0 Å². The number of nitrogens with zero attached hydrogens (tertiary/aromatic N) is 2. The molecule has 1 atom stereocenters. The number of anilines is 1. The second-order valence-electron chi connectivity index (χ2n) is 4.42. The Morgan fingerprint density at radius 1 is 1.41 bits per heavy atom. The molecule has 2 heterocycles. The van der Waals surface area contributed by atoms with Crippen LogP contribution in [-0.4, -0.2) is 36.4 Å². The van der Waals surface area contributed by atoms with Gasteiger partial charge in [0, 0.05) is 18.9 Å². The summed E-state index contributed by atoms with van der Waals surface area (Å²) in [5, 5.41) is 3.09. The lowest BCUT2D eigenvalue weighted by molar-refractivity contribution is 0.595. The fourth-order valence-corrected chi connectivity index (χ4v) is 3.76. The van der Waals surface area contributed by atoms with Gasteiger partial charge in [0.15, 0.2) is 9.84 Å². The second-order valence-corrected chi connectivity index (χ2v) is 6.65. The first-order chi connectivity index (χ1) is 8.09. The van der Waals surface area contributed by atoms with E-state index in [9.17, 15) is 8.42 Å². The molecule has 1 aromatic rings. The molecule has 0 aromatic carbocycles. The van der Waals surface area contributed by atoms with Gasteiger partial charge in [0.05, 0.1) is 11.5 Å². The highest BCUT2D eigenvalue weighted by atomic mass is 32.2. The molecule has 0 bridgehead atoms. The van der Waals surface area contributed by atoms with Crippen molar-refractivity contribution in [2.75, 3.05) is 23.4 Å². The molecule has 0 saturated carbocycles. The first kappa shape index (κ1) is 12.3. The van der Waals surface area contributed by atoms with Gasteiger partial charge in [-0.15, -0.1) is 0 Å². The van der Waals surface area contributed by atoms with Gasteiger partial charge < -0.3 is 5.32 Å². The minimum absolute atomic E-state index is 0.189. The van der Waals surface area contributed by atoms with Gasteiger partial charge in [-0.3, -0.25) is 0 Å². The molecule has 0 radical (unpaired) electrons. The summed E-state index contributed by atoms with van der Waals surface area (Å²) in [6, 6.07) is 0. The number of nitrogens with one attached hydrogen (secondary N) is 1. The maximum atomic E-state index is 11.3. The highest BCUT2D eigenvalue weighted by molar-refractivity contribution is 7.91. The Morgan fingerprint density at radius 2 is 2.12 bits per heavy atom. The van der Waals surface area contributed by atoms with Crippen molar-refractivity contribution in [2.24, 2.45) is 5.92 Å². The van der Waals surface area contributed by atoms with E-state index in [0.717, 1.165) is 18.4 Å². The highest BCUT2D eigenvalue weighted by Gasteiger charge is 2.27. The van der Waals surface area contributed by atoms with Gasteiger partial charge in [-0.25, -0.2) is 18.4 Å². The molecule has 0 spiro atoms. The summed E-state index contributed by atoms with van der Waals surface area (Å²) in [5.41, 5.74) is 1.10. The van der Waals surface area contributed by atoms with Crippen molar-refractivity contribution in [2.45, 2.75) is 19.8 Å². The van der Waals surface area contributed by atoms with Crippen LogP contribution in [0.3, 0.4) is 0 Å². The summed E-state index contributed by atoms with van der Waals surface area (Å²) in [5.74, 6) is 1.36. The van der Waals surface area contributed by atoms with E-state index in [1.807, 2.05) is 0 Å². The van der Waals surface area contributed by atoms with Crippen molar-refractivity contribution in [3.8, 4) is 0 Å². The summed E-state index contributed by atoms with van der Waals surface area (Å²) in [6.07, 6.45) is 5.24. The predicted molar refractivity (Wildman–Crippen MR) is 66.7 cm³/mol. The van der Waals surface area contributed by atoms with Gasteiger partial charge in [0.25, 0.3) is 0 Å². The van der Waals surface area contributed by atoms with E-state index in [0.29, 0.717) is 18.2 Å². The molecule has 1 aromatic heterocycles. The molecule has 1 N–H and O–H groups in total. The van der Waals surface area contributed by atoms with E-state index in [2.05, 4.69) is 22.2 Å². The van der Waals surface area contributed by atoms with Crippen LogP contribution in [0.15, 0.2) is 12.4 Å². The van der Waals surface area contributed by atoms with E-state index in [1.54, 1.807) is 12.4 Å². The Kier molecular flexibility index (Phi) is 3.61. The standard InChI is InChI=1S/C11H17N3O2S/c1-2-9-5-12-11(13-6-9)14-7-10-3-4-17(15,16)8-10/h5-6,10H,2-4,7-8H2,1H3,(H,12,13,14)/t10-/m1/s1. The summed E-state index contributed by atoms with van der Waals surface area (Å²) < 4.78 is 22.6. The summed E-state index contributed by atoms with van der Waals surface area (Å²) in [6.45, 7) is 2.68. The summed E-state index contributed by atoms with van der Waals surface area (Å²) in [7, 11) is -2.79. The van der Waals surface area contributed by atoms with E-state index in [1.165, 1.54) is 0 Å². The first-order valence-corrected chi connectivity index (χ1v) is 7.66. The molecular formula is C11H17N3O2S. The van der Waals surface area contributed by atoms with Gasteiger partial charge in [0.1, 0.15) is 0 Å². The molecule has 1 fully saturated rings. The van der Waals surface area contributed by atoms with Gasteiger partial charge in [-0.1, -0.05) is 6.92 Å². The lowest BCUT2D eigenvalue weighted by Gasteiger charge is -2.09. The van der Waals surface area contributed by atoms with E-state index in [-0.39, 0.29) is 11.7 Å². The number of hydrogen-bond acceptors (Lipinski definition) is 5. The number of aryl methyl sites for hydroxylation is 1. The van der Waals surface area contributed by atoms with Crippen LogP contribution >= 0.6 is 0 Å². The lowest BCUT2D eigenvalue weighted by atomic mass is 10.1. The Hall–Kier alpha value is -1.17. The Labute approximate surface area is 102 Å². The minimum atomic E-state index is -2.79. The van der Waals surface area contributed by atoms with E-state index in [4.69, 9.17) is 0 Å². The van der Waals surface area contributed by atoms with Crippen LogP contribution in [0.25, 0.3) is 0 Å². The van der Waals surface area contributed by atoms with Crippen molar-refractivity contribution < 1.29 is 8.42 Å². The smallest absolute Gasteiger partial charge is 0.222 e. The third-order valence-electron chi connectivity index (χ3n) is 2.99. The molecule has 1 aliphatic rings. The van der Waals surface area contributed by atoms with Crippen molar-refractivity contribution in [1.29, 1.82) is 0 Å². The Morgan fingerprint density at radius 3 is 2.65 bits per heavy atom. The predicted octanol–water partition coefficient (Wildman–Crippen LogP) is 0.886. The van der Waals surface area contributed by atoms with Crippen LogP contribution in [0, 0.1) is 5.92 Å². The highest BCUT2D eigenvalue weighted by Crippen LogP contribution is 2.18. The molecule has 0 unspecified atom stereocenters. The van der Waals surface area contributed by atoms with Crippen LogP contribution in [0.2, 0.25) is 0 Å². The van der Waals surface area contributed by atoms with Crippen molar-refractivity contribution in [1.82, 2.24) is 9.97 Å². The molecular weight excluding hydrogens is 238 g/mol. The monoisotopic (exact) mass is 255 g/mol. The molecule has 1 aliphatic heterocycles. The SMILES string of the molecule is CCc1cnc(NC[C@H]2CCS(=O)(=O)C2)nc1. The number of sulfone groups is 1. The Bertz CT molecular complexity index is 470. The van der Waals surface area contributed by atoms with E-state index >= 15 is 0 Å². The van der Waals surface area contributed by atoms with Gasteiger partial charge in [-0.2, -0.15) is 0 Å². The molecule has 94 valence electrons. The van der Waals surface area contributed by atoms with Crippen molar-refractivity contribution in [3.63, 3.8) is 0 Å². The average Bonchev–Trinajstić information content (AvgIpc) is 2.67. The van der Waals surface area contributed by atoms with Gasteiger partial charge >= 0.3 is 0 Å². The Balaban J connectivity index is 1.86. The number of aromatic nitrogens is 2. The van der Waals surface area contributed by atoms with Crippen molar-refractivity contribution >= 4 is 15.8 Å².